The molecule has 1 amide bonds. The molecule has 0 radical (unpaired) electrons. The summed E-state index contributed by atoms with van der Waals surface area (Å²) in [4.78, 5) is 17.8. The van der Waals surface area contributed by atoms with Crippen molar-refractivity contribution in [3.8, 4) is 0 Å². The molecule has 2 N–H and O–H groups in total. The maximum Gasteiger partial charge on any atom is 0.228 e. The molecule has 0 spiro atoms. The highest BCUT2D eigenvalue weighted by Crippen LogP contribution is 2.29. The molecule has 4 rings (SSSR count). The molecule has 3 fully saturated rings. The van der Waals surface area contributed by atoms with Gasteiger partial charge in [0.1, 0.15) is 0 Å². The van der Waals surface area contributed by atoms with Crippen molar-refractivity contribution < 1.29 is 4.79 Å². The molecule has 2 unspecified atom stereocenters. The highest BCUT2D eigenvalue weighted by molar-refractivity contribution is 6.30. The highest BCUT2D eigenvalue weighted by Gasteiger charge is 2.40. The molecule has 28 heavy (non-hydrogen) atoms. The lowest BCUT2D eigenvalue weighted by Gasteiger charge is -2.37. The number of likely N-dealkylation sites (tertiary alicyclic amines) is 2. The summed E-state index contributed by atoms with van der Waals surface area (Å²) in [6.45, 7) is 5.78. The molecule has 154 valence electrons. The van der Waals surface area contributed by atoms with Gasteiger partial charge in [-0.2, -0.15) is 0 Å². The molecule has 6 heteroatoms. The van der Waals surface area contributed by atoms with Crippen LogP contribution in [0.5, 0.6) is 0 Å². The molecular weight excluding hydrogens is 372 g/mol. The zero-order chi connectivity index (χ0) is 19.3. The fraction of sp³-hybridized carbons (Fsp3) is 0.682. The maximum absolute atomic E-state index is 13.2. The van der Waals surface area contributed by atoms with Crippen molar-refractivity contribution in [3.05, 3.63) is 34.9 Å². The van der Waals surface area contributed by atoms with Crippen LogP contribution in [0, 0.1) is 11.8 Å². The Morgan fingerprint density at radius 1 is 1.07 bits per heavy atom. The Hall–Kier alpha value is -1.14. The van der Waals surface area contributed by atoms with E-state index in [1.807, 2.05) is 12.1 Å². The number of halogens is 1. The number of piperidine rings is 1. The topological polar surface area (TPSA) is 47.6 Å². The number of nitrogens with zero attached hydrogens (tertiary/aromatic N) is 2. The van der Waals surface area contributed by atoms with Crippen molar-refractivity contribution in [2.24, 2.45) is 11.8 Å². The predicted octanol–water partition coefficient (Wildman–Crippen LogP) is 3.05. The van der Waals surface area contributed by atoms with Crippen LogP contribution in [0.3, 0.4) is 0 Å². The van der Waals surface area contributed by atoms with Gasteiger partial charge in [-0.15, -0.1) is 0 Å². The largest absolute Gasteiger partial charge is 0.342 e. The van der Waals surface area contributed by atoms with Gasteiger partial charge < -0.3 is 4.90 Å². The number of rotatable bonds is 4. The Morgan fingerprint density at radius 2 is 1.82 bits per heavy atom. The SMILES string of the molecule is O=C(C1CNNC1C1CCN(Cc2cccc(Cl)c2)CC1)N1CCCCCC1. The van der Waals surface area contributed by atoms with E-state index in [1.54, 1.807) is 0 Å². The Bertz CT molecular complexity index is 654. The average molecular weight is 405 g/mol. The molecule has 1 aromatic rings. The Morgan fingerprint density at radius 3 is 2.54 bits per heavy atom. The summed E-state index contributed by atoms with van der Waals surface area (Å²) >= 11 is 6.12. The van der Waals surface area contributed by atoms with Crippen molar-refractivity contribution in [2.45, 2.75) is 51.1 Å². The van der Waals surface area contributed by atoms with Crippen LogP contribution in [-0.4, -0.2) is 54.5 Å². The fourth-order valence-corrected chi connectivity index (χ4v) is 5.30. The van der Waals surface area contributed by atoms with Crippen LogP contribution in [0.1, 0.15) is 44.1 Å². The lowest BCUT2D eigenvalue weighted by Crippen LogP contribution is -2.48. The van der Waals surface area contributed by atoms with E-state index in [2.05, 4.69) is 32.8 Å². The number of amides is 1. The molecule has 3 aliphatic rings. The second-order valence-electron chi connectivity index (χ2n) is 8.64. The van der Waals surface area contributed by atoms with Gasteiger partial charge in [-0.25, -0.2) is 0 Å². The Labute approximate surface area is 173 Å². The molecule has 5 nitrogen and oxygen atoms in total. The predicted molar refractivity (Wildman–Crippen MR) is 113 cm³/mol. The van der Waals surface area contributed by atoms with Gasteiger partial charge in [0, 0.05) is 37.2 Å². The number of carbonyl (C=O) groups excluding carboxylic acids is 1. The van der Waals surface area contributed by atoms with Crippen LogP contribution in [0.4, 0.5) is 0 Å². The van der Waals surface area contributed by atoms with Crippen LogP contribution >= 0.6 is 11.6 Å². The van der Waals surface area contributed by atoms with Gasteiger partial charge in [0.05, 0.1) is 5.92 Å². The third kappa shape index (κ3) is 4.88. The van der Waals surface area contributed by atoms with Crippen LogP contribution in [0.2, 0.25) is 5.02 Å². The van der Waals surface area contributed by atoms with Gasteiger partial charge in [0.25, 0.3) is 0 Å². The van der Waals surface area contributed by atoms with Gasteiger partial charge >= 0.3 is 0 Å². The second kappa shape index (κ2) is 9.57. The first-order valence-electron chi connectivity index (χ1n) is 10.9. The van der Waals surface area contributed by atoms with E-state index in [0.29, 0.717) is 11.8 Å². The minimum absolute atomic E-state index is 0.0857. The second-order valence-corrected chi connectivity index (χ2v) is 9.08. The molecule has 0 bridgehead atoms. The zero-order valence-electron chi connectivity index (χ0n) is 16.7. The van der Waals surface area contributed by atoms with Crippen LogP contribution in [0.25, 0.3) is 0 Å². The van der Waals surface area contributed by atoms with Crippen LogP contribution in [0.15, 0.2) is 24.3 Å². The van der Waals surface area contributed by atoms with Crippen LogP contribution < -0.4 is 10.9 Å². The first-order valence-corrected chi connectivity index (χ1v) is 11.3. The van der Waals surface area contributed by atoms with Crippen molar-refractivity contribution >= 4 is 17.5 Å². The van der Waals surface area contributed by atoms with Gasteiger partial charge in [-0.05, 0) is 62.4 Å². The van der Waals surface area contributed by atoms with E-state index in [-0.39, 0.29) is 12.0 Å². The highest BCUT2D eigenvalue weighted by atomic mass is 35.5. The average Bonchev–Trinajstić information content (AvgIpc) is 3.03. The van der Waals surface area contributed by atoms with Crippen molar-refractivity contribution in [2.75, 3.05) is 32.7 Å². The number of hydrogen-bond donors (Lipinski definition) is 2. The third-order valence-electron chi connectivity index (χ3n) is 6.69. The summed E-state index contributed by atoms with van der Waals surface area (Å²) in [6, 6.07) is 8.43. The molecule has 0 saturated carbocycles. The van der Waals surface area contributed by atoms with E-state index in [0.717, 1.165) is 70.0 Å². The van der Waals surface area contributed by atoms with E-state index in [1.165, 1.54) is 18.4 Å². The summed E-state index contributed by atoms with van der Waals surface area (Å²) in [5.41, 5.74) is 8.02. The lowest BCUT2D eigenvalue weighted by molar-refractivity contribution is -0.136. The molecule has 2 atom stereocenters. The molecule has 3 aliphatic heterocycles. The van der Waals surface area contributed by atoms with Gasteiger partial charge in [0.15, 0.2) is 0 Å². The third-order valence-corrected chi connectivity index (χ3v) is 6.93. The number of carbonyl (C=O) groups is 1. The summed E-state index contributed by atoms with van der Waals surface area (Å²) < 4.78 is 0. The Kier molecular flexibility index (Phi) is 6.89. The number of hydrogen-bond acceptors (Lipinski definition) is 4. The van der Waals surface area contributed by atoms with Crippen molar-refractivity contribution in [3.63, 3.8) is 0 Å². The molecule has 0 aromatic heterocycles. The van der Waals surface area contributed by atoms with Crippen molar-refractivity contribution in [1.82, 2.24) is 20.7 Å². The quantitative estimate of drug-likeness (QED) is 0.809. The fourth-order valence-electron chi connectivity index (χ4n) is 5.09. The number of hydrazine groups is 1. The summed E-state index contributed by atoms with van der Waals surface area (Å²) in [5, 5.41) is 0.809. The molecular formula is C22H33ClN4O. The normalized spacial score (nSPS) is 27.7. The minimum Gasteiger partial charge on any atom is -0.342 e. The number of nitrogens with one attached hydrogen (secondary N) is 2. The molecule has 1 aromatic carbocycles. The minimum atomic E-state index is 0.0857. The lowest BCUT2D eigenvalue weighted by atomic mass is 9.82. The first kappa shape index (κ1) is 20.1. The first-order chi connectivity index (χ1) is 13.7. The smallest absolute Gasteiger partial charge is 0.228 e. The zero-order valence-corrected chi connectivity index (χ0v) is 17.5. The Balaban J connectivity index is 1.31. The van der Waals surface area contributed by atoms with E-state index < -0.39 is 0 Å². The van der Waals surface area contributed by atoms with E-state index in [9.17, 15) is 4.79 Å². The van der Waals surface area contributed by atoms with Gasteiger partial charge in [-0.1, -0.05) is 36.6 Å². The van der Waals surface area contributed by atoms with Crippen LogP contribution in [-0.2, 0) is 11.3 Å². The van der Waals surface area contributed by atoms with Gasteiger partial charge in [-0.3, -0.25) is 20.5 Å². The van der Waals surface area contributed by atoms with Crippen molar-refractivity contribution in [1.29, 1.82) is 0 Å². The standard InChI is InChI=1S/C22H33ClN4O/c23-19-7-5-6-17(14-19)16-26-12-8-18(9-13-26)21-20(15-24-25-21)22(28)27-10-3-1-2-4-11-27/h5-7,14,18,20-21,24-25H,1-4,8-13,15-16H2. The monoisotopic (exact) mass is 404 g/mol. The molecule has 3 saturated heterocycles. The summed E-state index contributed by atoms with van der Waals surface area (Å²) in [7, 11) is 0. The summed E-state index contributed by atoms with van der Waals surface area (Å²) in [5.74, 6) is 1.01. The number of benzene rings is 1. The van der Waals surface area contributed by atoms with E-state index in [4.69, 9.17) is 11.6 Å². The maximum atomic E-state index is 13.2. The summed E-state index contributed by atoms with van der Waals surface area (Å²) in [6.07, 6.45) is 7.13. The van der Waals surface area contributed by atoms with Gasteiger partial charge in [0.2, 0.25) is 5.91 Å². The molecule has 0 aliphatic carbocycles. The van der Waals surface area contributed by atoms with E-state index >= 15 is 0 Å². The molecule has 3 heterocycles.